The summed E-state index contributed by atoms with van der Waals surface area (Å²) >= 11 is 0. The molecule has 2 N–H and O–H groups in total. The van der Waals surface area contributed by atoms with Crippen LogP contribution in [0.15, 0.2) is 0 Å². The smallest absolute Gasteiger partial charge is 0.652 e. The second-order valence-electron chi connectivity index (χ2n) is 1.25. The van der Waals surface area contributed by atoms with Crippen LogP contribution in [0.5, 0.6) is 0 Å². The van der Waals surface area contributed by atoms with Crippen molar-refractivity contribution in [2.45, 2.75) is 6.92 Å². The largest absolute Gasteiger partial charge is 4.00 e. The Morgan fingerprint density at radius 3 is 1.27 bits per heavy atom. The molecule has 0 heterocycles. The fraction of sp³-hybridized carbons (Fsp3) is 0.400. The summed E-state index contributed by atoms with van der Waals surface area (Å²) in [7, 11) is 0. The molecule has 0 radical (unpaired) electrons. The van der Waals surface area contributed by atoms with E-state index in [1.807, 2.05) is 0 Å². The van der Waals surface area contributed by atoms with Gasteiger partial charge in [-0.3, -0.25) is 0 Å². The predicted octanol–water partition coefficient (Wildman–Crippen LogP) is -5.17. The predicted molar refractivity (Wildman–Crippen MR) is 37.8 cm³/mol. The van der Waals surface area contributed by atoms with E-state index < -0.39 is 18.4 Å². The van der Waals surface area contributed by atoms with Gasteiger partial charge in [-0.2, -0.15) is 0 Å². The summed E-state index contributed by atoms with van der Waals surface area (Å²) in [6.45, 7) is 2.06. The molecular formula is C5H7NO8Si. The normalized spacial score (nSPS) is 6.20. The van der Waals surface area contributed by atoms with Crippen molar-refractivity contribution in [1.82, 2.24) is 0 Å². The van der Waals surface area contributed by atoms with Crippen LogP contribution in [0.4, 0.5) is 14.4 Å². The summed E-state index contributed by atoms with van der Waals surface area (Å²) in [5.41, 5.74) is 4.54. The number of primary amides is 1. The van der Waals surface area contributed by atoms with Crippen LogP contribution in [0.3, 0.4) is 0 Å². The minimum absolute atomic E-state index is 0. The van der Waals surface area contributed by atoms with Crippen LogP contribution in [0.25, 0.3) is 0 Å². The van der Waals surface area contributed by atoms with Gasteiger partial charge in [0.05, 0.1) is 6.61 Å². The van der Waals surface area contributed by atoms with Gasteiger partial charge in [-0.25, -0.2) is 4.79 Å². The molecule has 0 aliphatic carbocycles. The number of amides is 1. The fourth-order valence-electron chi connectivity index (χ4n) is 0.142. The van der Waals surface area contributed by atoms with Crippen LogP contribution in [-0.4, -0.2) is 36.0 Å². The van der Waals surface area contributed by atoms with Gasteiger partial charge in [0, 0.05) is 0 Å². The summed E-state index contributed by atoms with van der Waals surface area (Å²) < 4.78 is 4.18. The molecule has 0 aromatic heterocycles. The average Bonchev–Trinajstić information content (AvgIpc) is 1.82. The first kappa shape index (κ1) is 23.1. The molecule has 0 bridgehead atoms. The zero-order valence-electron chi connectivity index (χ0n) is 7.55. The topological polar surface area (TPSA) is 179 Å². The number of hydrogen-bond donors (Lipinski definition) is 1. The minimum atomic E-state index is -2.33. The molecule has 1 amide bonds. The Bertz CT molecular complexity index is 164. The van der Waals surface area contributed by atoms with Gasteiger partial charge in [0.1, 0.15) is 0 Å². The zero-order valence-corrected chi connectivity index (χ0v) is 8.55. The van der Waals surface area contributed by atoms with Crippen LogP contribution in [-0.2, 0) is 4.74 Å². The van der Waals surface area contributed by atoms with Crippen molar-refractivity contribution >= 4 is 29.4 Å². The molecule has 10 heteroatoms. The molecule has 0 atom stereocenters. The van der Waals surface area contributed by atoms with Gasteiger partial charge in [0.2, 0.25) is 0 Å². The molecule has 84 valence electrons. The van der Waals surface area contributed by atoms with Crippen LogP contribution in [0.2, 0.25) is 0 Å². The maximum absolute atomic E-state index is 9.60. The first-order valence-corrected chi connectivity index (χ1v) is 2.92. The zero-order chi connectivity index (χ0) is 12.1. The van der Waals surface area contributed by atoms with Crippen LogP contribution >= 0.6 is 0 Å². The Kier molecular flexibility index (Phi) is 27.7. The molecule has 9 nitrogen and oxygen atoms in total. The summed E-state index contributed by atoms with van der Waals surface area (Å²) in [5.74, 6) is 0. The van der Waals surface area contributed by atoms with Crippen molar-refractivity contribution in [3.8, 4) is 0 Å². The number of carboxylic acid groups (broad SMARTS) is 4. The molecule has 0 aliphatic rings. The van der Waals surface area contributed by atoms with E-state index in [0.29, 0.717) is 6.61 Å². The Hall–Kier alpha value is -1.97. The molecule has 0 fully saturated rings. The van der Waals surface area contributed by atoms with E-state index >= 15 is 0 Å². The van der Waals surface area contributed by atoms with Gasteiger partial charge in [-0.1, -0.05) is 0 Å². The molecular weight excluding hydrogens is 230 g/mol. The van der Waals surface area contributed by atoms with Crippen molar-refractivity contribution in [3.63, 3.8) is 0 Å². The number of carbonyl (C=O) groups excluding carboxylic acids is 3. The summed E-state index contributed by atoms with van der Waals surface area (Å²) in [6.07, 6.45) is -5.38. The molecule has 0 rings (SSSR count). The standard InChI is InChI=1S/C3H7NO2.2CH2O3.Si/c1-2-6-3(4)5;2*2-1(3)4;/h2H2,1H3,(H2,4,5);2*(H2,2,3,4);/q;;;+4/p-4. The van der Waals surface area contributed by atoms with Gasteiger partial charge in [0.25, 0.3) is 0 Å². The molecule has 0 saturated heterocycles. The number of rotatable bonds is 1. The Morgan fingerprint density at radius 2 is 1.27 bits per heavy atom. The number of ether oxygens (including phenoxy) is 1. The third-order valence-corrected chi connectivity index (χ3v) is 0.287. The maximum Gasteiger partial charge on any atom is 4.00 e. The SMILES string of the molecule is CCOC(N)=O.O=C([O-])[O-].O=C([O-])[O-].[Si+4]. The van der Waals surface area contributed by atoms with Gasteiger partial charge in [-0.05, 0) is 19.2 Å². The maximum atomic E-state index is 9.60. The summed E-state index contributed by atoms with van der Waals surface area (Å²) in [5, 5.41) is 33.3. The molecule has 0 aromatic rings. The number of carbonyl (C=O) groups is 3. The molecule has 0 aromatic carbocycles. The third kappa shape index (κ3) is 1150. The fourth-order valence-corrected chi connectivity index (χ4v) is 0.142. The van der Waals surface area contributed by atoms with Crippen molar-refractivity contribution < 1.29 is 39.5 Å². The first-order valence-electron chi connectivity index (χ1n) is 2.92. The quantitative estimate of drug-likeness (QED) is 0.439. The minimum Gasteiger partial charge on any atom is -0.652 e. The number of hydrogen-bond acceptors (Lipinski definition) is 8. The van der Waals surface area contributed by atoms with Crippen LogP contribution < -0.4 is 26.2 Å². The van der Waals surface area contributed by atoms with E-state index in [0.717, 1.165) is 0 Å². The average molecular weight is 237 g/mol. The van der Waals surface area contributed by atoms with Crippen molar-refractivity contribution in [1.29, 1.82) is 0 Å². The molecule has 15 heavy (non-hydrogen) atoms. The van der Waals surface area contributed by atoms with Gasteiger partial charge in [0.15, 0.2) is 0 Å². The Balaban J connectivity index is -0.0000000606. The first-order chi connectivity index (χ1) is 6.23. The molecule has 0 spiro atoms. The van der Waals surface area contributed by atoms with Crippen LogP contribution in [0.1, 0.15) is 6.92 Å². The molecule has 0 aliphatic heterocycles. The Morgan fingerprint density at radius 1 is 1.07 bits per heavy atom. The van der Waals surface area contributed by atoms with E-state index in [1.165, 1.54) is 0 Å². The second kappa shape index (κ2) is 17.9. The van der Waals surface area contributed by atoms with E-state index in [-0.39, 0.29) is 11.0 Å². The summed E-state index contributed by atoms with van der Waals surface area (Å²) in [6, 6.07) is 0. The van der Waals surface area contributed by atoms with E-state index in [2.05, 4.69) is 10.5 Å². The second-order valence-corrected chi connectivity index (χ2v) is 1.25. The van der Waals surface area contributed by atoms with Crippen LogP contribution in [0, 0.1) is 0 Å². The van der Waals surface area contributed by atoms with Crippen molar-refractivity contribution in [2.75, 3.05) is 6.61 Å². The van der Waals surface area contributed by atoms with Crippen molar-refractivity contribution in [3.05, 3.63) is 0 Å². The Labute approximate surface area is 89.1 Å². The number of nitrogens with two attached hydrogens (primary N) is 1. The van der Waals surface area contributed by atoms with Gasteiger partial charge >= 0.3 is 17.1 Å². The molecule has 0 unspecified atom stereocenters. The monoisotopic (exact) mass is 237 g/mol. The van der Waals surface area contributed by atoms with E-state index in [9.17, 15) is 4.79 Å². The van der Waals surface area contributed by atoms with E-state index in [1.54, 1.807) is 6.92 Å². The van der Waals surface area contributed by atoms with Gasteiger partial charge < -0.3 is 40.5 Å². The van der Waals surface area contributed by atoms with Gasteiger partial charge in [-0.15, -0.1) is 0 Å². The van der Waals surface area contributed by atoms with E-state index in [4.69, 9.17) is 30.0 Å². The molecule has 0 saturated carbocycles. The van der Waals surface area contributed by atoms with Crippen molar-refractivity contribution in [2.24, 2.45) is 5.73 Å². The summed E-state index contributed by atoms with van der Waals surface area (Å²) in [4.78, 5) is 26.3. The third-order valence-electron chi connectivity index (χ3n) is 0.287.